The van der Waals surface area contributed by atoms with Gasteiger partial charge < -0.3 is 4.57 Å². The van der Waals surface area contributed by atoms with E-state index in [0.717, 1.165) is 29.7 Å². The third kappa shape index (κ3) is 2.91. The molecular weight excluding hydrogens is 282 g/mol. The van der Waals surface area contributed by atoms with E-state index in [0.29, 0.717) is 17.5 Å². The number of fused-ring (bicyclic) bond motifs is 1. The lowest BCUT2D eigenvalue weighted by Gasteiger charge is -2.26. The number of alkyl halides is 1. The summed E-state index contributed by atoms with van der Waals surface area (Å²) in [6.45, 7) is 8.60. The van der Waals surface area contributed by atoms with Crippen molar-refractivity contribution in [3.63, 3.8) is 0 Å². The van der Waals surface area contributed by atoms with Crippen LogP contribution in [0.1, 0.15) is 63.3 Å². The van der Waals surface area contributed by atoms with Gasteiger partial charge in [0.05, 0.1) is 28.0 Å². The molecule has 0 spiro atoms. The largest absolute Gasteiger partial charge is 0.324 e. The maximum atomic E-state index is 9.14. The zero-order chi connectivity index (χ0) is 15.6. The van der Waals surface area contributed by atoms with Gasteiger partial charge in [-0.3, -0.25) is 0 Å². The highest BCUT2D eigenvalue weighted by Gasteiger charge is 2.23. The van der Waals surface area contributed by atoms with E-state index in [1.807, 2.05) is 25.1 Å². The number of benzene rings is 1. The lowest BCUT2D eigenvalue weighted by atomic mass is 9.95. The average Bonchev–Trinajstić information content (AvgIpc) is 2.86. The molecule has 0 amide bonds. The minimum atomic E-state index is -0.153. The van der Waals surface area contributed by atoms with Gasteiger partial charge >= 0.3 is 0 Å². The maximum absolute atomic E-state index is 9.14. The summed E-state index contributed by atoms with van der Waals surface area (Å²) in [5.41, 5.74) is 2.58. The number of hydrogen-bond acceptors (Lipinski definition) is 2. The lowest BCUT2D eigenvalue weighted by Crippen LogP contribution is -2.18. The van der Waals surface area contributed by atoms with E-state index in [1.54, 1.807) is 0 Å². The molecule has 0 saturated carbocycles. The van der Waals surface area contributed by atoms with Crippen molar-refractivity contribution < 1.29 is 0 Å². The highest BCUT2D eigenvalue weighted by atomic mass is 35.5. The molecule has 0 aliphatic heterocycles. The molecular formula is C17H22ClN3. The third-order valence-corrected chi connectivity index (χ3v) is 4.54. The van der Waals surface area contributed by atoms with Crippen LogP contribution in [0, 0.1) is 17.2 Å². The number of halogens is 1. The van der Waals surface area contributed by atoms with Gasteiger partial charge in [0.15, 0.2) is 0 Å². The number of hydrogen-bond donors (Lipinski definition) is 0. The molecule has 0 aliphatic rings. The van der Waals surface area contributed by atoms with Crippen LogP contribution in [-0.4, -0.2) is 9.55 Å². The molecule has 2 unspecified atom stereocenters. The van der Waals surface area contributed by atoms with Crippen LogP contribution in [-0.2, 0) is 0 Å². The van der Waals surface area contributed by atoms with Crippen LogP contribution >= 0.6 is 11.6 Å². The Morgan fingerprint density at radius 1 is 1.29 bits per heavy atom. The Labute approximate surface area is 131 Å². The van der Waals surface area contributed by atoms with Gasteiger partial charge in [0.1, 0.15) is 5.82 Å². The van der Waals surface area contributed by atoms with E-state index < -0.39 is 0 Å². The molecule has 2 atom stereocenters. The molecule has 21 heavy (non-hydrogen) atoms. The van der Waals surface area contributed by atoms with Gasteiger partial charge in [0.25, 0.3) is 0 Å². The van der Waals surface area contributed by atoms with Crippen LogP contribution in [0.2, 0.25) is 0 Å². The number of imidazole rings is 1. The van der Waals surface area contributed by atoms with Crippen LogP contribution in [0.4, 0.5) is 0 Å². The molecule has 1 aromatic carbocycles. The minimum absolute atomic E-state index is 0.153. The van der Waals surface area contributed by atoms with Gasteiger partial charge in [0, 0.05) is 6.04 Å². The molecule has 4 heteroatoms. The summed E-state index contributed by atoms with van der Waals surface area (Å²) in [4.78, 5) is 4.68. The Bertz CT molecular complexity index is 662. The van der Waals surface area contributed by atoms with Crippen LogP contribution in [0.5, 0.6) is 0 Å². The molecule has 2 rings (SSSR count). The number of aromatic nitrogens is 2. The average molecular weight is 304 g/mol. The van der Waals surface area contributed by atoms with Crippen LogP contribution in [0.25, 0.3) is 11.0 Å². The summed E-state index contributed by atoms with van der Waals surface area (Å²) < 4.78 is 2.23. The fourth-order valence-electron chi connectivity index (χ4n) is 3.07. The predicted molar refractivity (Wildman–Crippen MR) is 87.5 cm³/mol. The highest BCUT2D eigenvalue weighted by Crippen LogP contribution is 2.33. The first-order chi connectivity index (χ1) is 10.0. The Hall–Kier alpha value is -1.53. The number of rotatable bonds is 5. The van der Waals surface area contributed by atoms with Crippen LogP contribution in [0.15, 0.2) is 18.2 Å². The van der Waals surface area contributed by atoms with Crippen molar-refractivity contribution >= 4 is 22.6 Å². The quantitative estimate of drug-likeness (QED) is 0.712. The highest BCUT2D eigenvalue weighted by molar-refractivity contribution is 6.20. The molecule has 0 bridgehead atoms. The lowest BCUT2D eigenvalue weighted by molar-refractivity contribution is 0.332. The normalized spacial score (nSPS) is 14.3. The maximum Gasteiger partial charge on any atom is 0.127 e. The fourth-order valence-corrected chi connectivity index (χ4v) is 3.23. The summed E-state index contributed by atoms with van der Waals surface area (Å²) in [6.07, 6.45) is 2.23. The molecule has 1 aromatic heterocycles. The first kappa shape index (κ1) is 15.9. The van der Waals surface area contributed by atoms with Gasteiger partial charge in [-0.1, -0.05) is 26.7 Å². The van der Waals surface area contributed by atoms with E-state index in [2.05, 4.69) is 36.4 Å². The van der Waals surface area contributed by atoms with Gasteiger partial charge in [-0.15, -0.1) is 11.6 Å². The smallest absolute Gasteiger partial charge is 0.127 e. The Kier molecular flexibility index (Phi) is 4.90. The van der Waals surface area contributed by atoms with Crippen LogP contribution in [0.3, 0.4) is 0 Å². The van der Waals surface area contributed by atoms with E-state index in [-0.39, 0.29) is 5.38 Å². The molecule has 0 fully saturated rings. The molecule has 0 saturated heterocycles. The molecule has 112 valence electrons. The SMILES string of the molecule is CCC(CC)C(C)n1c(C(C)Cl)nc2ccc(C#N)cc21. The van der Waals surface area contributed by atoms with Gasteiger partial charge in [-0.2, -0.15) is 5.26 Å². The Morgan fingerprint density at radius 2 is 1.95 bits per heavy atom. The first-order valence-corrected chi connectivity index (χ1v) is 8.03. The summed E-state index contributed by atoms with van der Waals surface area (Å²) in [5, 5.41) is 8.99. The van der Waals surface area contributed by atoms with Crippen molar-refractivity contribution in [1.82, 2.24) is 9.55 Å². The zero-order valence-corrected chi connectivity index (χ0v) is 13.9. The van der Waals surface area contributed by atoms with Crippen molar-refractivity contribution in [3.8, 4) is 6.07 Å². The molecule has 1 heterocycles. The van der Waals surface area contributed by atoms with E-state index in [4.69, 9.17) is 16.9 Å². The van der Waals surface area contributed by atoms with Crippen molar-refractivity contribution in [3.05, 3.63) is 29.6 Å². The van der Waals surface area contributed by atoms with E-state index in [9.17, 15) is 0 Å². The predicted octanol–water partition coefficient (Wildman–Crippen LogP) is 5.20. The van der Waals surface area contributed by atoms with Crippen molar-refractivity contribution in [2.24, 2.45) is 5.92 Å². The number of nitrogens with zero attached hydrogens (tertiary/aromatic N) is 3. The summed E-state index contributed by atoms with van der Waals surface area (Å²) >= 11 is 6.34. The molecule has 0 radical (unpaired) electrons. The zero-order valence-electron chi connectivity index (χ0n) is 13.1. The monoisotopic (exact) mass is 303 g/mol. The van der Waals surface area contributed by atoms with Crippen molar-refractivity contribution in [2.45, 2.75) is 52.0 Å². The molecule has 2 aromatic rings. The standard InChI is InChI=1S/C17H22ClN3/c1-5-14(6-2)12(4)21-16-9-13(10-19)7-8-15(16)20-17(21)11(3)18/h7-9,11-12,14H,5-6H2,1-4H3. The summed E-state index contributed by atoms with van der Waals surface area (Å²) in [5.74, 6) is 1.46. The van der Waals surface area contributed by atoms with Gasteiger partial charge in [0.2, 0.25) is 0 Å². The number of nitriles is 1. The van der Waals surface area contributed by atoms with Crippen LogP contribution < -0.4 is 0 Å². The molecule has 0 N–H and O–H groups in total. The summed E-state index contributed by atoms with van der Waals surface area (Å²) in [6, 6.07) is 8.16. The van der Waals surface area contributed by atoms with Gasteiger partial charge in [-0.25, -0.2) is 4.98 Å². The second kappa shape index (κ2) is 6.49. The summed E-state index contributed by atoms with van der Waals surface area (Å²) in [7, 11) is 0. The van der Waals surface area contributed by atoms with Crippen molar-refractivity contribution in [2.75, 3.05) is 0 Å². The topological polar surface area (TPSA) is 41.6 Å². The minimum Gasteiger partial charge on any atom is -0.324 e. The first-order valence-electron chi connectivity index (χ1n) is 7.59. The second-order valence-corrected chi connectivity index (χ2v) is 6.24. The van der Waals surface area contributed by atoms with Crippen molar-refractivity contribution in [1.29, 1.82) is 5.26 Å². The fraction of sp³-hybridized carbons (Fsp3) is 0.529. The van der Waals surface area contributed by atoms with E-state index >= 15 is 0 Å². The van der Waals surface area contributed by atoms with E-state index in [1.165, 1.54) is 0 Å². The molecule has 3 nitrogen and oxygen atoms in total. The second-order valence-electron chi connectivity index (χ2n) is 5.59. The van der Waals surface area contributed by atoms with Gasteiger partial charge in [-0.05, 0) is 38.0 Å². The molecule has 0 aliphatic carbocycles. The third-order valence-electron chi connectivity index (χ3n) is 4.34. The Morgan fingerprint density at radius 3 is 2.48 bits per heavy atom. The Balaban J connectivity index is 2.67.